The number of hydrogen-bond donors (Lipinski definition) is 0. The molecule has 0 atom stereocenters. The first kappa shape index (κ1) is 22.3. The minimum Gasteiger partial charge on any atom is -0.362 e. The van der Waals surface area contributed by atoms with Gasteiger partial charge in [0.1, 0.15) is 5.69 Å². The van der Waals surface area contributed by atoms with Gasteiger partial charge >= 0.3 is 6.18 Å². The zero-order valence-corrected chi connectivity index (χ0v) is 17.4. The quantitative estimate of drug-likeness (QED) is 0.428. The van der Waals surface area contributed by atoms with Crippen LogP contribution in [0.4, 0.5) is 24.5 Å². The Balaban J connectivity index is 1.42. The van der Waals surface area contributed by atoms with E-state index in [9.17, 15) is 28.1 Å². The van der Waals surface area contributed by atoms with Crippen molar-refractivity contribution in [2.75, 3.05) is 31.1 Å². The highest BCUT2D eigenvalue weighted by atomic mass is 19.4. The van der Waals surface area contributed by atoms with Crippen LogP contribution in [0.15, 0.2) is 60.9 Å². The Morgan fingerprint density at radius 2 is 1.76 bits per heavy atom. The van der Waals surface area contributed by atoms with E-state index in [0.717, 1.165) is 17.7 Å². The van der Waals surface area contributed by atoms with Crippen LogP contribution in [-0.2, 0) is 12.7 Å². The predicted molar refractivity (Wildman–Crippen MR) is 114 cm³/mol. The van der Waals surface area contributed by atoms with Crippen LogP contribution in [0.2, 0.25) is 0 Å². The first-order valence-corrected chi connectivity index (χ1v) is 10.2. The summed E-state index contributed by atoms with van der Waals surface area (Å²) in [6.45, 7) is 1.60. The van der Waals surface area contributed by atoms with E-state index in [-0.39, 0.29) is 37.8 Å². The molecule has 1 fully saturated rings. The Bertz CT molecular complexity index is 1160. The van der Waals surface area contributed by atoms with E-state index in [1.165, 1.54) is 6.20 Å². The molecular weight excluding hydrogens is 439 g/mol. The van der Waals surface area contributed by atoms with Crippen LogP contribution in [0, 0.1) is 10.1 Å². The first-order valence-electron chi connectivity index (χ1n) is 10.2. The molecule has 2 aromatic carbocycles. The second kappa shape index (κ2) is 8.93. The maximum atomic E-state index is 12.9. The molecule has 1 saturated heterocycles. The smallest absolute Gasteiger partial charge is 0.362 e. The SMILES string of the molecule is O=C(c1cnn(Cc2ccccc2)c1)N1CCN(c2ccc(C(F)(F)F)cc2[N+](=O)[O-])CC1. The second-order valence-electron chi connectivity index (χ2n) is 7.65. The molecule has 3 aromatic rings. The van der Waals surface area contributed by atoms with Crippen LogP contribution in [-0.4, -0.2) is 51.7 Å². The van der Waals surface area contributed by atoms with Gasteiger partial charge in [0.2, 0.25) is 0 Å². The Kier molecular flexibility index (Phi) is 6.03. The summed E-state index contributed by atoms with van der Waals surface area (Å²) in [6, 6.07) is 12.2. The number of nitro groups is 1. The number of rotatable bonds is 5. The average molecular weight is 459 g/mol. The van der Waals surface area contributed by atoms with Crippen molar-refractivity contribution >= 4 is 17.3 Å². The number of carbonyl (C=O) groups is 1. The van der Waals surface area contributed by atoms with E-state index in [1.54, 1.807) is 20.7 Å². The molecule has 0 aliphatic carbocycles. The molecule has 0 unspecified atom stereocenters. The molecule has 11 heteroatoms. The third-order valence-electron chi connectivity index (χ3n) is 5.47. The second-order valence-corrected chi connectivity index (χ2v) is 7.65. The van der Waals surface area contributed by atoms with Crippen molar-refractivity contribution in [1.29, 1.82) is 0 Å². The summed E-state index contributed by atoms with van der Waals surface area (Å²) in [5.74, 6) is -0.212. The molecule has 33 heavy (non-hydrogen) atoms. The number of hydrogen-bond acceptors (Lipinski definition) is 5. The van der Waals surface area contributed by atoms with Gasteiger partial charge in [0.25, 0.3) is 11.6 Å². The molecule has 0 N–H and O–H groups in total. The van der Waals surface area contributed by atoms with Gasteiger partial charge in [0, 0.05) is 38.4 Å². The van der Waals surface area contributed by atoms with Crippen LogP contribution in [0.25, 0.3) is 0 Å². The summed E-state index contributed by atoms with van der Waals surface area (Å²) in [5, 5.41) is 15.6. The number of carbonyl (C=O) groups excluding carboxylic acids is 1. The van der Waals surface area contributed by atoms with Gasteiger partial charge in [-0.3, -0.25) is 19.6 Å². The first-order chi connectivity index (χ1) is 15.7. The fourth-order valence-corrected chi connectivity index (χ4v) is 3.78. The van der Waals surface area contributed by atoms with Crippen molar-refractivity contribution in [3.63, 3.8) is 0 Å². The summed E-state index contributed by atoms with van der Waals surface area (Å²) in [6.07, 6.45) is -1.50. The third kappa shape index (κ3) is 4.97. The Morgan fingerprint density at radius 3 is 2.39 bits per heavy atom. The zero-order chi connectivity index (χ0) is 23.6. The minimum absolute atomic E-state index is 0.107. The normalized spacial score (nSPS) is 14.4. The van der Waals surface area contributed by atoms with Crippen molar-refractivity contribution in [3.05, 3.63) is 87.7 Å². The van der Waals surface area contributed by atoms with Crippen molar-refractivity contribution in [3.8, 4) is 0 Å². The molecule has 1 aromatic heterocycles. The van der Waals surface area contributed by atoms with Crippen LogP contribution in [0.1, 0.15) is 21.5 Å². The van der Waals surface area contributed by atoms with E-state index < -0.39 is 22.4 Å². The number of alkyl halides is 3. The number of nitrogens with zero attached hydrogens (tertiary/aromatic N) is 5. The number of anilines is 1. The lowest BCUT2D eigenvalue weighted by Gasteiger charge is -2.35. The maximum absolute atomic E-state index is 12.9. The lowest BCUT2D eigenvalue weighted by Crippen LogP contribution is -2.48. The molecule has 8 nitrogen and oxygen atoms in total. The highest BCUT2D eigenvalue weighted by molar-refractivity contribution is 5.94. The highest BCUT2D eigenvalue weighted by Gasteiger charge is 2.34. The Morgan fingerprint density at radius 1 is 1.06 bits per heavy atom. The Labute approximate surface area is 187 Å². The largest absolute Gasteiger partial charge is 0.416 e. The van der Waals surface area contributed by atoms with Gasteiger partial charge in [0.15, 0.2) is 0 Å². The van der Waals surface area contributed by atoms with Crippen LogP contribution in [0.3, 0.4) is 0 Å². The molecular formula is C22H20F3N5O3. The van der Waals surface area contributed by atoms with Crippen LogP contribution in [0.5, 0.6) is 0 Å². The molecule has 1 aliphatic heterocycles. The molecule has 0 bridgehead atoms. The molecule has 1 amide bonds. The van der Waals surface area contributed by atoms with Crippen molar-refractivity contribution in [2.45, 2.75) is 12.7 Å². The summed E-state index contributed by atoms with van der Waals surface area (Å²) in [5.41, 5.74) is -0.0897. The monoisotopic (exact) mass is 459 g/mol. The average Bonchev–Trinajstić information content (AvgIpc) is 3.27. The van der Waals surface area contributed by atoms with Gasteiger partial charge in [-0.25, -0.2) is 0 Å². The highest BCUT2D eigenvalue weighted by Crippen LogP contribution is 2.36. The summed E-state index contributed by atoms with van der Waals surface area (Å²) >= 11 is 0. The van der Waals surface area contributed by atoms with E-state index in [4.69, 9.17) is 0 Å². The lowest BCUT2D eigenvalue weighted by atomic mass is 10.1. The Hall–Kier alpha value is -3.89. The van der Waals surface area contributed by atoms with Gasteiger partial charge in [-0.05, 0) is 17.7 Å². The van der Waals surface area contributed by atoms with Gasteiger partial charge in [0.05, 0.1) is 28.8 Å². The van der Waals surface area contributed by atoms with Crippen molar-refractivity contribution < 1.29 is 22.9 Å². The molecule has 172 valence electrons. The summed E-state index contributed by atoms with van der Waals surface area (Å²) in [7, 11) is 0. The minimum atomic E-state index is -4.67. The number of aromatic nitrogens is 2. The van der Waals surface area contributed by atoms with Gasteiger partial charge in [-0.15, -0.1) is 0 Å². The molecule has 0 saturated carbocycles. The standard InChI is InChI=1S/C22H20F3N5O3/c23-22(24,25)18-6-7-19(20(12-18)30(32)33)27-8-10-28(11-9-27)21(31)17-13-26-29(15-17)14-16-4-2-1-3-5-16/h1-7,12-13,15H,8-11,14H2. The summed E-state index contributed by atoms with van der Waals surface area (Å²) < 4.78 is 40.5. The molecule has 1 aliphatic rings. The van der Waals surface area contributed by atoms with Gasteiger partial charge in [-0.2, -0.15) is 18.3 Å². The zero-order valence-electron chi connectivity index (χ0n) is 17.4. The summed E-state index contributed by atoms with van der Waals surface area (Å²) in [4.78, 5) is 26.6. The van der Waals surface area contributed by atoms with E-state index >= 15 is 0 Å². The molecule has 4 rings (SSSR count). The fraction of sp³-hybridized carbons (Fsp3) is 0.273. The van der Waals surface area contributed by atoms with E-state index in [2.05, 4.69) is 5.10 Å². The fourth-order valence-electron chi connectivity index (χ4n) is 3.78. The maximum Gasteiger partial charge on any atom is 0.416 e. The molecule has 2 heterocycles. The van der Waals surface area contributed by atoms with Crippen molar-refractivity contribution in [1.82, 2.24) is 14.7 Å². The van der Waals surface area contributed by atoms with Crippen LogP contribution < -0.4 is 4.90 Å². The van der Waals surface area contributed by atoms with Crippen molar-refractivity contribution in [2.24, 2.45) is 0 Å². The number of benzene rings is 2. The number of nitro benzene ring substituents is 1. The van der Waals surface area contributed by atoms with Gasteiger partial charge in [-0.1, -0.05) is 30.3 Å². The molecule has 0 spiro atoms. The number of piperazine rings is 1. The molecule has 0 radical (unpaired) electrons. The third-order valence-corrected chi connectivity index (χ3v) is 5.47. The van der Waals surface area contributed by atoms with E-state index in [0.29, 0.717) is 18.2 Å². The number of halogens is 3. The van der Waals surface area contributed by atoms with E-state index in [1.807, 2.05) is 30.3 Å². The van der Waals surface area contributed by atoms with Gasteiger partial charge < -0.3 is 9.80 Å². The topological polar surface area (TPSA) is 84.5 Å². The number of amides is 1. The van der Waals surface area contributed by atoms with Crippen LogP contribution >= 0.6 is 0 Å². The lowest BCUT2D eigenvalue weighted by molar-refractivity contribution is -0.384. The predicted octanol–water partition coefficient (Wildman–Crippen LogP) is 3.82.